The second kappa shape index (κ2) is 4.25. The molecule has 1 aromatic heterocycles. The number of phenolic OH excluding ortho intramolecular Hbond substituents is 1. The Balaban J connectivity index is 2.64. The molecule has 0 aliphatic heterocycles. The molecule has 0 radical (unpaired) electrons. The highest BCUT2D eigenvalue weighted by atomic mass is 16.3. The summed E-state index contributed by atoms with van der Waals surface area (Å²) in [5.41, 5.74) is 0.671. The van der Waals surface area contributed by atoms with Crippen LogP contribution in [0.5, 0.6) is 5.75 Å². The number of rotatable bonds is 3. The minimum atomic E-state index is -0.181. The third-order valence-corrected chi connectivity index (χ3v) is 2.41. The van der Waals surface area contributed by atoms with Crippen LogP contribution < -0.4 is 0 Å². The van der Waals surface area contributed by atoms with E-state index in [1.807, 2.05) is 0 Å². The summed E-state index contributed by atoms with van der Waals surface area (Å²) in [6.07, 6.45) is 0.566. The molecule has 0 spiro atoms. The van der Waals surface area contributed by atoms with Crippen molar-refractivity contribution in [2.75, 3.05) is 0 Å². The van der Waals surface area contributed by atoms with Crippen LogP contribution in [0, 0.1) is 0 Å². The molecule has 0 amide bonds. The Morgan fingerprint density at radius 3 is 2.65 bits per heavy atom. The highest BCUT2D eigenvalue weighted by Gasteiger charge is 2.16. The summed E-state index contributed by atoms with van der Waals surface area (Å²) >= 11 is 0. The maximum absolute atomic E-state index is 11.4. The summed E-state index contributed by atoms with van der Waals surface area (Å²) < 4.78 is 5.21. The van der Waals surface area contributed by atoms with Crippen LogP contribution >= 0.6 is 0 Å². The molecule has 1 heterocycles. The molecule has 0 saturated heterocycles. The van der Waals surface area contributed by atoms with Crippen LogP contribution in [0.1, 0.15) is 27.8 Å². The Labute approximate surface area is 97.5 Å². The van der Waals surface area contributed by atoms with Crippen molar-refractivity contribution in [3.8, 4) is 17.1 Å². The number of hydrogen-bond acceptors (Lipinski definition) is 4. The third kappa shape index (κ3) is 1.97. The molecule has 2 rings (SSSR count). The van der Waals surface area contributed by atoms with Gasteiger partial charge in [0.25, 0.3) is 0 Å². The number of furan rings is 1. The standard InChI is InChI=1S/C13H10O4/c1-8(15)10-3-2-4-11(16)13(10)12-6-5-9(7-14)17-12/h2-7,16H,1H3. The lowest BCUT2D eigenvalue weighted by Gasteiger charge is -2.06. The highest BCUT2D eigenvalue weighted by Crippen LogP contribution is 2.33. The van der Waals surface area contributed by atoms with E-state index in [-0.39, 0.29) is 17.3 Å². The molecule has 0 aliphatic rings. The molecule has 0 atom stereocenters. The Kier molecular flexibility index (Phi) is 2.78. The predicted molar refractivity (Wildman–Crippen MR) is 61.2 cm³/mol. The van der Waals surface area contributed by atoms with E-state index in [9.17, 15) is 14.7 Å². The summed E-state index contributed by atoms with van der Waals surface area (Å²) in [5, 5.41) is 9.78. The molecule has 1 aromatic carbocycles. The zero-order chi connectivity index (χ0) is 12.4. The second-order valence-electron chi connectivity index (χ2n) is 3.58. The van der Waals surface area contributed by atoms with Crippen LogP contribution in [-0.4, -0.2) is 17.2 Å². The normalized spacial score (nSPS) is 10.2. The van der Waals surface area contributed by atoms with Gasteiger partial charge in [-0.2, -0.15) is 0 Å². The number of phenols is 1. The Morgan fingerprint density at radius 1 is 1.29 bits per heavy atom. The minimum Gasteiger partial charge on any atom is -0.507 e. The predicted octanol–water partition coefficient (Wildman–Crippen LogP) is 2.67. The molecule has 4 heteroatoms. The molecule has 0 saturated carbocycles. The van der Waals surface area contributed by atoms with Gasteiger partial charge in [-0.25, -0.2) is 0 Å². The average Bonchev–Trinajstić information content (AvgIpc) is 2.76. The van der Waals surface area contributed by atoms with Crippen LogP contribution in [0.3, 0.4) is 0 Å². The summed E-state index contributed by atoms with van der Waals surface area (Å²) in [6, 6.07) is 7.68. The monoisotopic (exact) mass is 230 g/mol. The van der Waals surface area contributed by atoms with E-state index < -0.39 is 0 Å². The zero-order valence-corrected chi connectivity index (χ0v) is 9.14. The Morgan fingerprint density at radius 2 is 2.06 bits per heavy atom. The number of carbonyl (C=O) groups excluding carboxylic acids is 2. The van der Waals surface area contributed by atoms with Crippen molar-refractivity contribution in [1.82, 2.24) is 0 Å². The molecular weight excluding hydrogens is 220 g/mol. The van der Waals surface area contributed by atoms with E-state index in [0.717, 1.165) is 0 Å². The lowest BCUT2D eigenvalue weighted by atomic mass is 10.0. The van der Waals surface area contributed by atoms with Crippen LogP contribution in [0.4, 0.5) is 0 Å². The largest absolute Gasteiger partial charge is 0.507 e. The lowest BCUT2D eigenvalue weighted by molar-refractivity contribution is 0.101. The maximum Gasteiger partial charge on any atom is 0.185 e. The van der Waals surface area contributed by atoms with Crippen molar-refractivity contribution >= 4 is 12.1 Å². The van der Waals surface area contributed by atoms with Gasteiger partial charge in [0.2, 0.25) is 0 Å². The maximum atomic E-state index is 11.4. The number of carbonyl (C=O) groups is 2. The summed E-state index contributed by atoms with van der Waals surface area (Å²) in [6.45, 7) is 1.40. The number of aldehydes is 1. The van der Waals surface area contributed by atoms with Gasteiger partial charge in [0, 0.05) is 5.56 Å². The van der Waals surface area contributed by atoms with E-state index in [2.05, 4.69) is 0 Å². The van der Waals surface area contributed by atoms with Gasteiger partial charge in [0.15, 0.2) is 17.8 Å². The van der Waals surface area contributed by atoms with Gasteiger partial charge < -0.3 is 9.52 Å². The summed E-state index contributed by atoms with van der Waals surface area (Å²) in [7, 11) is 0. The molecule has 0 fully saturated rings. The summed E-state index contributed by atoms with van der Waals surface area (Å²) in [5.74, 6) is 0.220. The molecule has 0 unspecified atom stereocenters. The van der Waals surface area contributed by atoms with Crippen LogP contribution in [0.2, 0.25) is 0 Å². The first-order chi connectivity index (χ1) is 8.13. The SMILES string of the molecule is CC(=O)c1cccc(O)c1-c1ccc(C=O)o1. The van der Waals surface area contributed by atoms with E-state index in [4.69, 9.17) is 4.42 Å². The van der Waals surface area contributed by atoms with E-state index in [1.54, 1.807) is 18.2 Å². The van der Waals surface area contributed by atoms with Crippen molar-refractivity contribution in [2.24, 2.45) is 0 Å². The molecule has 86 valence electrons. The van der Waals surface area contributed by atoms with Crippen LogP contribution in [-0.2, 0) is 0 Å². The van der Waals surface area contributed by atoms with Crippen molar-refractivity contribution in [3.05, 3.63) is 41.7 Å². The van der Waals surface area contributed by atoms with Gasteiger partial charge in [-0.1, -0.05) is 12.1 Å². The molecule has 2 aromatic rings. The van der Waals surface area contributed by atoms with Crippen LogP contribution in [0.25, 0.3) is 11.3 Å². The van der Waals surface area contributed by atoms with E-state index in [1.165, 1.54) is 19.1 Å². The number of aromatic hydroxyl groups is 1. The minimum absolute atomic E-state index is 0.0514. The van der Waals surface area contributed by atoms with Gasteiger partial charge >= 0.3 is 0 Å². The highest BCUT2D eigenvalue weighted by molar-refractivity contribution is 6.01. The summed E-state index contributed by atoms with van der Waals surface area (Å²) in [4.78, 5) is 22.0. The molecular formula is C13H10O4. The lowest BCUT2D eigenvalue weighted by Crippen LogP contribution is -1.95. The topological polar surface area (TPSA) is 67.5 Å². The first kappa shape index (κ1) is 11.1. The number of Topliss-reactive ketones (excluding diaryl/α,β-unsaturated/α-hetero) is 1. The molecule has 17 heavy (non-hydrogen) atoms. The van der Waals surface area contributed by atoms with Crippen molar-refractivity contribution in [2.45, 2.75) is 6.92 Å². The first-order valence-corrected chi connectivity index (χ1v) is 5.02. The molecule has 0 aliphatic carbocycles. The molecule has 4 nitrogen and oxygen atoms in total. The third-order valence-electron chi connectivity index (χ3n) is 2.41. The fourth-order valence-corrected chi connectivity index (χ4v) is 1.64. The smallest absolute Gasteiger partial charge is 0.185 e. The fraction of sp³-hybridized carbons (Fsp3) is 0.0769. The van der Waals surface area contributed by atoms with Crippen molar-refractivity contribution < 1.29 is 19.1 Å². The van der Waals surface area contributed by atoms with Crippen molar-refractivity contribution in [1.29, 1.82) is 0 Å². The van der Waals surface area contributed by atoms with Gasteiger partial charge in [-0.3, -0.25) is 9.59 Å². The van der Waals surface area contributed by atoms with E-state index in [0.29, 0.717) is 23.2 Å². The molecule has 0 bridgehead atoms. The first-order valence-electron chi connectivity index (χ1n) is 5.02. The Bertz CT molecular complexity index is 581. The average molecular weight is 230 g/mol. The van der Waals surface area contributed by atoms with Gasteiger partial charge in [0.05, 0.1) is 5.56 Å². The van der Waals surface area contributed by atoms with Crippen LogP contribution in [0.15, 0.2) is 34.7 Å². The second-order valence-corrected chi connectivity index (χ2v) is 3.58. The quantitative estimate of drug-likeness (QED) is 0.650. The Hall–Kier alpha value is -2.36. The van der Waals surface area contributed by atoms with Gasteiger partial charge in [-0.15, -0.1) is 0 Å². The van der Waals surface area contributed by atoms with Gasteiger partial charge in [0.1, 0.15) is 11.5 Å². The van der Waals surface area contributed by atoms with Gasteiger partial charge in [-0.05, 0) is 25.1 Å². The van der Waals surface area contributed by atoms with E-state index >= 15 is 0 Å². The molecule has 1 N–H and O–H groups in total. The number of hydrogen-bond donors (Lipinski definition) is 1. The number of benzene rings is 1. The van der Waals surface area contributed by atoms with Crippen molar-refractivity contribution in [3.63, 3.8) is 0 Å². The fourth-order valence-electron chi connectivity index (χ4n) is 1.64. The zero-order valence-electron chi connectivity index (χ0n) is 9.14. The number of ketones is 1.